The molecule has 6 aromatic rings. The molecular weight excluding hydrogens is 975 g/mol. The number of nitriles is 1. The molecule has 5 aromatic heterocycles. The highest BCUT2D eigenvalue weighted by Gasteiger charge is 2.45. The van der Waals surface area contributed by atoms with Crippen molar-refractivity contribution in [3.05, 3.63) is 82.8 Å². The lowest BCUT2D eigenvalue weighted by Gasteiger charge is -2.32. The number of anilines is 2. The van der Waals surface area contributed by atoms with Crippen molar-refractivity contribution in [2.75, 3.05) is 50.0 Å². The van der Waals surface area contributed by atoms with Gasteiger partial charge in [0.2, 0.25) is 29.5 Å². The van der Waals surface area contributed by atoms with Gasteiger partial charge in [0, 0.05) is 55.7 Å². The highest BCUT2D eigenvalue weighted by Crippen LogP contribution is 2.45. The number of aryl methyl sites for hydroxylation is 2. The van der Waals surface area contributed by atoms with Crippen molar-refractivity contribution in [1.29, 1.82) is 5.26 Å². The van der Waals surface area contributed by atoms with Gasteiger partial charge >= 0.3 is 0 Å². The van der Waals surface area contributed by atoms with Crippen molar-refractivity contribution in [2.24, 2.45) is 11.8 Å². The number of amides is 2. The Morgan fingerprint density at radius 2 is 1.89 bits per heavy atom. The summed E-state index contributed by atoms with van der Waals surface area (Å²) in [5, 5.41) is 48.1. The molecule has 0 unspecified atom stereocenters. The smallest absolute Gasteiger partial charge is 0.253 e. The number of aliphatic hydroxyl groups is 2. The normalized spacial score (nSPS) is 21.4. The number of likely N-dealkylation sites (tertiary alicyclic amines) is 1. The second kappa shape index (κ2) is 22.6. The third-order valence-electron chi connectivity index (χ3n) is 15.1. The molecule has 0 saturated carbocycles. The number of nitrogens with two attached hydrogens (primary N) is 1. The first-order chi connectivity index (χ1) is 36.0. The number of carbonyl (C=O) groups excluding carboxylic acids is 2. The summed E-state index contributed by atoms with van der Waals surface area (Å²) in [5.41, 5.74) is 11.0. The summed E-state index contributed by atoms with van der Waals surface area (Å²) < 4.78 is 17.7. The zero-order chi connectivity index (χ0) is 53.1. The first-order valence-corrected chi connectivity index (χ1v) is 26.9. The summed E-state index contributed by atoms with van der Waals surface area (Å²) in [6.45, 7) is 17.6. The lowest BCUT2D eigenvalue weighted by Crippen LogP contribution is -2.51. The van der Waals surface area contributed by atoms with E-state index in [4.69, 9.17) is 25.0 Å². The van der Waals surface area contributed by atoms with E-state index in [0.29, 0.717) is 47.2 Å². The fourth-order valence-electron chi connectivity index (χ4n) is 11.0. The van der Waals surface area contributed by atoms with E-state index in [-0.39, 0.29) is 36.8 Å². The Morgan fingerprint density at radius 1 is 1.09 bits per heavy atom. The van der Waals surface area contributed by atoms with Gasteiger partial charge in [-0.05, 0) is 119 Å². The number of benzene rings is 1. The molecule has 6 N–H and O–H groups in total. The van der Waals surface area contributed by atoms with Crippen molar-refractivity contribution in [3.8, 4) is 33.9 Å². The monoisotopic (exact) mass is 1040 g/mol. The molecular formula is C53H69N15O6S. The molecule has 22 heteroatoms. The average Bonchev–Trinajstić information content (AvgIpc) is 4.26. The number of aromatic nitrogens is 9. The molecule has 1 aromatic carbocycles. The Morgan fingerprint density at radius 3 is 2.63 bits per heavy atom. The van der Waals surface area contributed by atoms with Gasteiger partial charge in [-0.25, -0.2) is 19.0 Å². The first kappa shape index (κ1) is 53.0. The van der Waals surface area contributed by atoms with E-state index in [1.807, 2.05) is 72.0 Å². The molecule has 7 heterocycles. The summed E-state index contributed by atoms with van der Waals surface area (Å²) in [5.74, 6) is 0.795. The van der Waals surface area contributed by atoms with Crippen molar-refractivity contribution in [3.63, 3.8) is 0 Å². The van der Waals surface area contributed by atoms with Crippen LogP contribution in [0.5, 0.6) is 5.88 Å². The molecule has 2 saturated heterocycles. The zero-order valence-corrected chi connectivity index (χ0v) is 44.6. The molecule has 2 aliphatic heterocycles. The Labute approximate surface area is 441 Å². The van der Waals surface area contributed by atoms with Crippen LogP contribution >= 0.6 is 11.5 Å². The van der Waals surface area contributed by atoms with Crippen molar-refractivity contribution >= 4 is 35.1 Å². The molecule has 3 aliphatic rings. The second-order valence-corrected chi connectivity index (χ2v) is 22.1. The number of hydrogen-bond donors (Lipinski definition) is 5. The Balaban J connectivity index is 0.767. The summed E-state index contributed by atoms with van der Waals surface area (Å²) in [4.78, 5) is 53.3. The number of carbonyl (C=O) groups is 2. The van der Waals surface area contributed by atoms with E-state index in [9.17, 15) is 25.1 Å². The number of hydrogen-bond acceptors (Lipinski definition) is 18. The fourth-order valence-corrected chi connectivity index (χ4v) is 11.8. The van der Waals surface area contributed by atoms with Gasteiger partial charge in [0.15, 0.2) is 0 Å². The Bertz CT molecular complexity index is 2980. The number of unbranched alkanes of at least 4 members (excludes halogenated alkanes) is 1. The highest BCUT2D eigenvalue weighted by molar-refractivity contribution is 7.09. The molecule has 0 radical (unpaired) electrons. The zero-order valence-electron chi connectivity index (χ0n) is 43.8. The third-order valence-corrected chi connectivity index (χ3v) is 16.0. The summed E-state index contributed by atoms with van der Waals surface area (Å²) in [6, 6.07) is 9.36. The maximum absolute atomic E-state index is 14.4. The van der Waals surface area contributed by atoms with Crippen LogP contribution in [-0.4, -0.2) is 140 Å². The van der Waals surface area contributed by atoms with Crippen molar-refractivity contribution in [2.45, 2.75) is 135 Å². The van der Waals surface area contributed by atoms with Crippen LogP contribution in [0.4, 0.5) is 11.8 Å². The minimum absolute atomic E-state index is 0.0185. The Kier molecular flexibility index (Phi) is 16.0. The summed E-state index contributed by atoms with van der Waals surface area (Å²) >= 11 is 1.41. The van der Waals surface area contributed by atoms with Crippen LogP contribution in [0, 0.1) is 30.1 Å². The van der Waals surface area contributed by atoms with Gasteiger partial charge < -0.3 is 50.2 Å². The number of fused-ring (bicyclic) bond motifs is 1. The van der Waals surface area contributed by atoms with Crippen LogP contribution in [0.2, 0.25) is 0 Å². The minimum atomic E-state index is -0.964. The maximum Gasteiger partial charge on any atom is 0.253 e. The molecule has 0 bridgehead atoms. The van der Waals surface area contributed by atoms with Crippen LogP contribution < -0.4 is 20.7 Å². The number of aromatic amines is 1. The van der Waals surface area contributed by atoms with Gasteiger partial charge in [0.25, 0.3) is 5.88 Å². The van der Waals surface area contributed by atoms with Gasteiger partial charge in [0.05, 0.1) is 46.9 Å². The average molecular weight is 1040 g/mol. The number of nitrogens with zero attached hydrogens (tertiary/aromatic N) is 12. The number of ether oxygens (including phenoxy) is 1. The predicted octanol–water partition coefficient (Wildman–Crippen LogP) is 5.77. The molecule has 75 heavy (non-hydrogen) atoms. The van der Waals surface area contributed by atoms with Crippen LogP contribution in [0.25, 0.3) is 22.0 Å². The van der Waals surface area contributed by atoms with Crippen molar-refractivity contribution in [1.82, 2.24) is 59.6 Å². The number of aliphatic hydroxyl groups excluding tert-OH is 2. The molecule has 7 atom stereocenters. The van der Waals surface area contributed by atoms with E-state index in [1.165, 1.54) is 21.1 Å². The second-order valence-electron chi connectivity index (χ2n) is 21.3. The molecule has 2 amide bonds. The fraction of sp³-hybridized carbons (Fsp3) is 0.547. The first-order valence-electron chi connectivity index (χ1n) is 26.1. The number of β-amino-alcohol motifs (C(OH)–C–C–N with tert-alkyl or cyclic N) is 1. The van der Waals surface area contributed by atoms with Crippen LogP contribution in [0.1, 0.15) is 126 Å². The van der Waals surface area contributed by atoms with Crippen molar-refractivity contribution < 1.29 is 29.1 Å². The van der Waals surface area contributed by atoms with E-state index in [1.54, 1.807) is 18.5 Å². The largest absolute Gasteiger partial charge is 0.475 e. The van der Waals surface area contributed by atoms with Gasteiger partial charge in [-0.3, -0.25) is 9.59 Å². The predicted molar refractivity (Wildman–Crippen MR) is 281 cm³/mol. The molecule has 2 fully saturated rings. The maximum atomic E-state index is 14.4. The number of H-pyrrole nitrogens is 1. The van der Waals surface area contributed by atoms with Crippen LogP contribution in [-0.2, 0) is 21.4 Å². The number of nitrogen functional groups attached to an aromatic ring is 1. The molecule has 1 aliphatic carbocycles. The number of rotatable bonds is 18. The topological polar surface area (TPSA) is 279 Å². The van der Waals surface area contributed by atoms with E-state index < -0.39 is 41.7 Å². The standard InChI is InChI=1S/C53H69N15O6S/c1-30(2)44(50(72)67-28-36(69)24-40(67)49(71)60-43(45(70)31(3)4)34-13-15-35(16-14-34)46-32(5)26-57-75-46)68-29-41(62-64-68)73-23-9-8-20-65-21-11-22-66(33(6)27-65)52-56-19-17-39(59-52)48-61-51(74-63-48)53(7)18-10-12-38-42(53)37(25-54)47(55)58-38/h13-17,19,26,29-31,33,36,40,43-45,58,69-70H,8-12,18,20-24,27-28,55H2,1-7H3,(H,60,71)/t33-,36+,40-,43+,44+,45+,53-/m0/s1. The Hall–Kier alpha value is -6.80. The molecule has 9 rings (SSSR count). The molecule has 21 nitrogen and oxygen atoms in total. The SMILES string of the molecule is Cc1cnsc1-c1ccc([C@@H](NC(=O)[C@@H]2C[C@@H](O)CN2C(=O)[C@@H](C(C)C)n2cc(OCCCCN3CCCN(c4nccc(-c5noc([C@@]6(C)CCCc7[nH]c(N)c(C#N)c76)n5)n4)[C@@H](C)C3)nn2)[C@H](O)C(C)C)cc1. The molecule has 0 spiro atoms. The van der Waals surface area contributed by atoms with Gasteiger partial charge in [0.1, 0.15) is 29.7 Å². The van der Waals surface area contributed by atoms with Crippen LogP contribution in [0.3, 0.4) is 0 Å². The summed E-state index contributed by atoms with van der Waals surface area (Å²) in [7, 11) is 0. The quantitative estimate of drug-likeness (QED) is 0.0639. The van der Waals surface area contributed by atoms with Gasteiger partial charge in [-0.15, -0.1) is 0 Å². The van der Waals surface area contributed by atoms with Gasteiger partial charge in [-0.1, -0.05) is 67.4 Å². The lowest BCUT2D eigenvalue weighted by atomic mass is 9.72. The van der Waals surface area contributed by atoms with E-state index in [2.05, 4.69) is 57.9 Å². The van der Waals surface area contributed by atoms with E-state index >= 15 is 0 Å². The van der Waals surface area contributed by atoms with Gasteiger partial charge in [-0.2, -0.15) is 10.2 Å². The summed E-state index contributed by atoms with van der Waals surface area (Å²) in [6.07, 6.45) is 8.41. The minimum Gasteiger partial charge on any atom is -0.475 e. The lowest BCUT2D eigenvalue weighted by molar-refractivity contribution is -0.143. The highest BCUT2D eigenvalue weighted by atomic mass is 32.1. The molecule has 398 valence electrons. The van der Waals surface area contributed by atoms with Crippen LogP contribution in [0.15, 0.2) is 53.4 Å². The number of nitrogens with one attached hydrogen (secondary N) is 2. The van der Waals surface area contributed by atoms with E-state index in [0.717, 1.165) is 97.5 Å². The third kappa shape index (κ3) is 11.1.